The molecule has 0 saturated carbocycles. The number of carbonyl (C=O) groups is 2. The Kier molecular flexibility index (Phi) is 6.96. The van der Waals surface area contributed by atoms with Gasteiger partial charge in [0.05, 0.1) is 6.61 Å². The van der Waals surface area contributed by atoms with Gasteiger partial charge in [0.15, 0.2) is 0 Å². The van der Waals surface area contributed by atoms with E-state index in [1.165, 1.54) is 24.3 Å². The van der Waals surface area contributed by atoms with Crippen molar-refractivity contribution in [1.82, 2.24) is 15.7 Å². The average molecular weight is 323 g/mol. The Balaban J connectivity index is 1.56. The number of benzene rings is 1. The summed E-state index contributed by atoms with van der Waals surface area (Å²) in [5.41, 5.74) is 0.389. The van der Waals surface area contributed by atoms with E-state index in [1.54, 1.807) is 0 Å². The zero-order chi connectivity index (χ0) is 16.5. The SMILES string of the molecule is O=C(CCN1CCCCO1)NCCNC(=O)c1ccc(F)cc1. The molecule has 7 heteroatoms. The summed E-state index contributed by atoms with van der Waals surface area (Å²) in [5.74, 6) is -0.748. The molecule has 1 aromatic carbocycles. The molecule has 1 aliphatic heterocycles. The quantitative estimate of drug-likeness (QED) is 0.737. The van der Waals surface area contributed by atoms with Crippen molar-refractivity contribution in [2.24, 2.45) is 0 Å². The lowest BCUT2D eigenvalue weighted by Crippen LogP contribution is -2.37. The van der Waals surface area contributed by atoms with Gasteiger partial charge < -0.3 is 10.6 Å². The van der Waals surface area contributed by atoms with Crippen LogP contribution in [0.2, 0.25) is 0 Å². The summed E-state index contributed by atoms with van der Waals surface area (Å²) in [6.07, 6.45) is 2.53. The second-order valence-corrected chi connectivity index (χ2v) is 5.33. The number of carbonyl (C=O) groups excluding carboxylic acids is 2. The Hall–Kier alpha value is -1.99. The predicted molar refractivity (Wildman–Crippen MR) is 83.1 cm³/mol. The van der Waals surface area contributed by atoms with Crippen molar-refractivity contribution in [3.8, 4) is 0 Å². The van der Waals surface area contributed by atoms with Gasteiger partial charge in [0.25, 0.3) is 5.91 Å². The molecule has 1 aliphatic rings. The molecule has 0 atom stereocenters. The third-order valence-electron chi connectivity index (χ3n) is 3.50. The van der Waals surface area contributed by atoms with Crippen molar-refractivity contribution in [3.05, 3.63) is 35.6 Å². The first kappa shape index (κ1) is 17.4. The highest BCUT2D eigenvalue weighted by Gasteiger charge is 2.12. The van der Waals surface area contributed by atoms with Crippen LogP contribution in [-0.4, -0.2) is 49.7 Å². The maximum absolute atomic E-state index is 12.8. The lowest BCUT2D eigenvalue weighted by atomic mass is 10.2. The first-order valence-electron chi connectivity index (χ1n) is 7.83. The van der Waals surface area contributed by atoms with Crippen LogP contribution in [0, 0.1) is 5.82 Å². The summed E-state index contributed by atoms with van der Waals surface area (Å²) in [5, 5.41) is 7.23. The summed E-state index contributed by atoms with van der Waals surface area (Å²) in [7, 11) is 0. The molecule has 0 bridgehead atoms. The molecule has 0 unspecified atom stereocenters. The number of rotatable bonds is 7. The Morgan fingerprint density at radius 1 is 1.13 bits per heavy atom. The molecule has 2 N–H and O–H groups in total. The minimum absolute atomic E-state index is 0.0739. The minimum Gasteiger partial charge on any atom is -0.354 e. The van der Waals surface area contributed by atoms with Crippen molar-refractivity contribution in [2.75, 3.05) is 32.8 Å². The van der Waals surface area contributed by atoms with Crippen LogP contribution in [0.15, 0.2) is 24.3 Å². The van der Waals surface area contributed by atoms with Crippen LogP contribution in [-0.2, 0) is 9.63 Å². The average Bonchev–Trinajstić information content (AvgIpc) is 2.58. The minimum atomic E-state index is -0.383. The van der Waals surface area contributed by atoms with Gasteiger partial charge in [-0.1, -0.05) is 0 Å². The van der Waals surface area contributed by atoms with Gasteiger partial charge in [-0.05, 0) is 37.1 Å². The number of hydrogen-bond donors (Lipinski definition) is 2. The van der Waals surface area contributed by atoms with E-state index in [1.807, 2.05) is 5.06 Å². The largest absolute Gasteiger partial charge is 0.354 e. The van der Waals surface area contributed by atoms with E-state index in [9.17, 15) is 14.0 Å². The topological polar surface area (TPSA) is 70.7 Å². The second kappa shape index (κ2) is 9.22. The molecule has 0 spiro atoms. The molecule has 0 aromatic heterocycles. The second-order valence-electron chi connectivity index (χ2n) is 5.33. The molecule has 2 amide bonds. The number of hydroxylamine groups is 2. The molecule has 126 valence electrons. The smallest absolute Gasteiger partial charge is 0.251 e. The van der Waals surface area contributed by atoms with Gasteiger partial charge >= 0.3 is 0 Å². The molecule has 0 radical (unpaired) electrons. The molecule has 6 nitrogen and oxygen atoms in total. The number of nitrogens with zero attached hydrogens (tertiary/aromatic N) is 1. The van der Waals surface area contributed by atoms with E-state index in [2.05, 4.69) is 10.6 Å². The fourth-order valence-electron chi connectivity index (χ4n) is 2.22. The maximum atomic E-state index is 12.8. The van der Waals surface area contributed by atoms with E-state index < -0.39 is 0 Å². The van der Waals surface area contributed by atoms with Gasteiger partial charge in [-0.15, -0.1) is 0 Å². The van der Waals surface area contributed by atoms with Crippen molar-refractivity contribution < 1.29 is 18.8 Å². The fraction of sp³-hybridized carbons (Fsp3) is 0.500. The molecular weight excluding hydrogens is 301 g/mol. The van der Waals surface area contributed by atoms with Gasteiger partial charge in [0, 0.05) is 38.2 Å². The van der Waals surface area contributed by atoms with Gasteiger partial charge in [0.1, 0.15) is 5.82 Å². The van der Waals surface area contributed by atoms with Crippen LogP contribution in [0.1, 0.15) is 29.6 Å². The summed E-state index contributed by atoms with van der Waals surface area (Å²) < 4.78 is 12.8. The van der Waals surface area contributed by atoms with E-state index in [4.69, 9.17) is 4.84 Å². The van der Waals surface area contributed by atoms with Gasteiger partial charge in [0.2, 0.25) is 5.91 Å². The normalized spacial score (nSPS) is 15.2. The standard InChI is InChI=1S/C16H22FN3O3/c17-14-5-3-13(4-6-14)16(22)19-9-8-18-15(21)7-11-20-10-1-2-12-23-20/h3-6H,1-2,7-12H2,(H,18,21)(H,19,22). The zero-order valence-corrected chi connectivity index (χ0v) is 13.0. The highest BCUT2D eigenvalue weighted by Crippen LogP contribution is 2.05. The first-order valence-corrected chi connectivity index (χ1v) is 7.83. The monoisotopic (exact) mass is 323 g/mol. The Labute approximate surface area is 134 Å². The summed E-state index contributed by atoms with van der Waals surface area (Å²) >= 11 is 0. The van der Waals surface area contributed by atoms with Gasteiger partial charge in [-0.3, -0.25) is 14.4 Å². The van der Waals surface area contributed by atoms with Crippen LogP contribution in [0.4, 0.5) is 4.39 Å². The van der Waals surface area contributed by atoms with Crippen molar-refractivity contribution in [2.45, 2.75) is 19.3 Å². The van der Waals surface area contributed by atoms with E-state index in [0.717, 1.165) is 26.0 Å². The summed E-state index contributed by atoms with van der Waals surface area (Å²) in [6, 6.07) is 5.31. The maximum Gasteiger partial charge on any atom is 0.251 e. The molecule has 0 aliphatic carbocycles. The van der Waals surface area contributed by atoms with Gasteiger partial charge in [-0.2, -0.15) is 5.06 Å². The van der Waals surface area contributed by atoms with Crippen LogP contribution in [0.5, 0.6) is 0 Å². The zero-order valence-electron chi connectivity index (χ0n) is 13.0. The lowest BCUT2D eigenvalue weighted by molar-refractivity contribution is -0.181. The number of amides is 2. The van der Waals surface area contributed by atoms with Crippen LogP contribution < -0.4 is 10.6 Å². The van der Waals surface area contributed by atoms with Crippen molar-refractivity contribution >= 4 is 11.8 Å². The third-order valence-corrected chi connectivity index (χ3v) is 3.50. The molecule has 23 heavy (non-hydrogen) atoms. The Morgan fingerprint density at radius 3 is 2.57 bits per heavy atom. The first-order chi connectivity index (χ1) is 11.1. The fourth-order valence-corrected chi connectivity index (χ4v) is 2.22. The van der Waals surface area contributed by atoms with E-state index in [-0.39, 0.29) is 17.6 Å². The van der Waals surface area contributed by atoms with Crippen LogP contribution >= 0.6 is 0 Å². The molecule has 1 heterocycles. The molecular formula is C16H22FN3O3. The van der Waals surface area contributed by atoms with Crippen LogP contribution in [0.25, 0.3) is 0 Å². The molecule has 1 aromatic rings. The molecule has 1 saturated heterocycles. The predicted octanol–water partition coefficient (Wildman–Crippen LogP) is 1.09. The number of halogens is 1. The van der Waals surface area contributed by atoms with E-state index >= 15 is 0 Å². The molecule has 1 fully saturated rings. The number of hydrogen-bond acceptors (Lipinski definition) is 4. The Morgan fingerprint density at radius 2 is 1.87 bits per heavy atom. The summed E-state index contributed by atoms with van der Waals surface area (Å²) in [4.78, 5) is 28.9. The third kappa shape index (κ3) is 6.33. The van der Waals surface area contributed by atoms with Crippen molar-refractivity contribution in [3.63, 3.8) is 0 Å². The van der Waals surface area contributed by atoms with Crippen LogP contribution in [0.3, 0.4) is 0 Å². The van der Waals surface area contributed by atoms with E-state index in [0.29, 0.717) is 31.6 Å². The summed E-state index contributed by atoms with van der Waals surface area (Å²) in [6.45, 7) is 2.83. The highest BCUT2D eigenvalue weighted by molar-refractivity contribution is 5.94. The molecule has 2 rings (SSSR count). The Bertz CT molecular complexity index is 516. The number of nitrogens with one attached hydrogen (secondary N) is 2. The lowest BCUT2D eigenvalue weighted by Gasteiger charge is -2.25. The van der Waals surface area contributed by atoms with Crippen molar-refractivity contribution in [1.29, 1.82) is 0 Å². The van der Waals surface area contributed by atoms with Gasteiger partial charge in [-0.25, -0.2) is 4.39 Å². The highest BCUT2D eigenvalue weighted by atomic mass is 19.1.